The van der Waals surface area contributed by atoms with Crippen molar-refractivity contribution in [1.29, 1.82) is 0 Å². The van der Waals surface area contributed by atoms with E-state index in [1.54, 1.807) is 31.2 Å². The number of rotatable bonds is 6. The summed E-state index contributed by atoms with van der Waals surface area (Å²) in [6.07, 6.45) is 1.18. The summed E-state index contributed by atoms with van der Waals surface area (Å²) in [5.74, 6) is -2.59. The molecule has 2 atom stereocenters. The Morgan fingerprint density at radius 1 is 1.22 bits per heavy atom. The van der Waals surface area contributed by atoms with Gasteiger partial charge in [-0.05, 0) is 36.1 Å². The highest BCUT2D eigenvalue weighted by Gasteiger charge is 2.52. The van der Waals surface area contributed by atoms with Gasteiger partial charge in [0.2, 0.25) is 0 Å². The summed E-state index contributed by atoms with van der Waals surface area (Å²) in [7, 11) is -8.39. The summed E-state index contributed by atoms with van der Waals surface area (Å²) in [4.78, 5) is 27.3. The smallest absolute Gasteiger partial charge is 0.287 e. The van der Waals surface area contributed by atoms with Gasteiger partial charge in [0.15, 0.2) is 11.6 Å². The summed E-state index contributed by atoms with van der Waals surface area (Å²) in [6.45, 7) is 7.65. The van der Waals surface area contributed by atoms with E-state index in [-0.39, 0.29) is 33.3 Å². The van der Waals surface area contributed by atoms with Crippen LogP contribution in [0, 0.1) is 11.3 Å². The van der Waals surface area contributed by atoms with Crippen LogP contribution in [0.5, 0.6) is 0 Å². The third-order valence-corrected chi connectivity index (χ3v) is 9.54. The summed E-state index contributed by atoms with van der Waals surface area (Å²) >= 11 is 1.00. The van der Waals surface area contributed by atoms with Gasteiger partial charge in [0, 0.05) is 17.7 Å². The van der Waals surface area contributed by atoms with Crippen molar-refractivity contribution >= 4 is 54.0 Å². The molecule has 13 heteroatoms. The molecule has 1 aromatic carbocycles. The lowest BCUT2D eigenvalue weighted by molar-refractivity contribution is -0.125. The maximum absolute atomic E-state index is 14.0. The zero-order valence-electron chi connectivity index (χ0n) is 20.3. The maximum atomic E-state index is 14.0. The van der Waals surface area contributed by atoms with Gasteiger partial charge in [-0.3, -0.25) is 9.59 Å². The van der Waals surface area contributed by atoms with Gasteiger partial charge in [-0.1, -0.05) is 45.0 Å². The van der Waals surface area contributed by atoms with E-state index in [4.69, 9.17) is 5.14 Å². The van der Waals surface area contributed by atoms with Crippen LogP contribution >= 0.6 is 11.3 Å². The van der Waals surface area contributed by atoms with Crippen LogP contribution in [-0.2, 0) is 37.0 Å². The second-order valence-electron chi connectivity index (χ2n) is 10.5. The van der Waals surface area contributed by atoms with Gasteiger partial charge in [-0.25, -0.2) is 5.14 Å². The Bertz CT molecular complexity index is 1500. The Labute approximate surface area is 214 Å². The lowest BCUT2D eigenvalue weighted by Crippen LogP contribution is -2.51. The first-order valence-electron chi connectivity index (χ1n) is 11.2. The van der Waals surface area contributed by atoms with Crippen LogP contribution in [0.2, 0.25) is 0 Å². The number of carbonyl (C=O) groups is 2. The molecule has 1 aromatic heterocycles. The predicted molar refractivity (Wildman–Crippen MR) is 138 cm³/mol. The minimum atomic E-state index is -4.34. The molecule has 0 fully saturated rings. The number of sulfonamides is 1. The molecule has 0 radical (unpaired) electrons. The van der Waals surface area contributed by atoms with Gasteiger partial charge in [-0.15, -0.1) is 15.7 Å². The molecule has 4 N–H and O–H groups in total. The Kier molecular flexibility index (Phi) is 6.53. The molecule has 10 nitrogen and oxygen atoms in total. The monoisotopic (exact) mass is 552 g/mol. The van der Waals surface area contributed by atoms with Crippen LogP contribution in [0.25, 0.3) is 0 Å². The average Bonchev–Trinajstić information content (AvgIpc) is 3.18. The molecule has 194 valence electrons. The summed E-state index contributed by atoms with van der Waals surface area (Å²) in [6, 6.07) is 6.92. The normalized spacial score (nSPS) is 23.5. The van der Waals surface area contributed by atoms with Crippen molar-refractivity contribution in [3.63, 3.8) is 0 Å². The SMILES string of the molecule is CC(C)(C)CC[C@@]1(C)C(=O)C(C2=NS(=O)(=O)c3c(CNS(N)(=O)=O)csc3N2)C(=O)c2ccccc21. The van der Waals surface area contributed by atoms with E-state index < -0.39 is 43.1 Å². The number of benzene rings is 1. The predicted octanol–water partition coefficient (Wildman–Crippen LogP) is 2.72. The molecule has 4 rings (SSSR count). The van der Waals surface area contributed by atoms with Crippen molar-refractivity contribution in [2.75, 3.05) is 5.32 Å². The number of nitrogens with two attached hydrogens (primary N) is 1. The van der Waals surface area contributed by atoms with E-state index in [1.165, 1.54) is 5.38 Å². The first-order chi connectivity index (χ1) is 16.5. The number of thiophene rings is 1. The number of Topliss-reactive ketones (excluding diaryl/α,β-unsaturated/α-hetero) is 2. The zero-order valence-corrected chi connectivity index (χ0v) is 22.7. The lowest BCUT2D eigenvalue weighted by atomic mass is 9.62. The molecule has 0 spiro atoms. The molecule has 2 aromatic rings. The Morgan fingerprint density at radius 2 is 1.89 bits per heavy atom. The molecule has 2 heterocycles. The van der Waals surface area contributed by atoms with Crippen molar-refractivity contribution in [2.45, 2.75) is 57.4 Å². The fourth-order valence-corrected chi connectivity index (χ4v) is 7.53. The number of carbonyl (C=O) groups excluding carboxylic acids is 2. The molecule has 0 saturated carbocycles. The van der Waals surface area contributed by atoms with Crippen LogP contribution < -0.4 is 15.2 Å². The number of anilines is 1. The number of hydrogen-bond donors (Lipinski definition) is 3. The van der Waals surface area contributed by atoms with Crippen molar-refractivity contribution in [2.24, 2.45) is 20.9 Å². The highest BCUT2D eigenvalue weighted by atomic mass is 32.2. The first-order valence-corrected chi connectivity index (χ1v) is 15.1. The van der Waals surface area contributed by atoms with Crippen LogP contribution in [0.1, 0.15) is 62.0 Å². The minimum absolute atomic E-state index is 0.0630. The second-order valence-corrected chi connectivity index (χ2v) is 14.3. The van der Waals surface area contributed by atoms with Crippen molar-refractivity contribution in [3.8, 4) is 0 Å². The van der Waals surface area contributed by atoms with Gasteiger partial charge in [0.1, 0.15) is 21.7 Å². The molecule has 0 bridgehead atoms. The van der Waals surface area contributed by atoms with E-state index in [9.17, 15) is 26.4 Å². The number of ketones is 2. The third kappa shape index (κ3) is 4.90. The fourth-order valence-electron chi connectivity index (χ4n) is 4.53. The quantitative estimate of drug-likeness (QED) is 0.464. The highest BCUT2D eigenvalue weighted by Crippen LogP contribution is 2.44. The summed E-state index contributed by atoms with van der Waals surface area (Å²) in [5, 5.41) is 9.45. The standard InChI is InChI=1S/C23H28N4O6S3/c1-22(2,3)9-10-23(4)15-8-6-5-7-14(15)17(28)16(19(23)29)20-26-21-18(35(30,31)27-20)13(12-34-21)11-25-36(24,32)33/h5-8,12,16,25H,9-11H2,1-4H3,(H,26,27)(H2,24,32,33)/t16?,23-/m1/s1. The van der Waals surface area contributed by atoms with Gasteiger partial charge >= 0.3 is 0 Å². The molecular weight excluding hydrogens is 524 g/mol. The minimum Gasteiger partial charge on any atom is -0.333 e. The van der Waals surface area contributed by atoms with Crippen LogP contribution in [0.15, 0.2) is 38.9 Å². The summed E-state index contributed by atoms with van der Waals surface area (Å²) in [5.41, 5.74) is 0.0766. The van der Waals surface area contributed by atoms with Gasteiger partial charge in [0.25, 0.3) is 20.2 Å². The number of nitrogens with one attached hydrogen (secondary N) is 2. The average molecular weight is 553 g/mol. The molecule has 2 aliphatic rings. The van der Waals surface area contributed by atoms with Crippen LogP contribution in [0.3, 0.4) is 0 Å². The first kappa shape index (κ1) is 26.6. The summed E-state index contributed by atoms with van der Waals surface area (Å²) < 4.78 is 54.7. The van der Waals surface area contributed by atoms with Gasteiger partial charge in [-0.2, -0.15) is 21.6 Å². The van der Waals surface area contributed by atoms with Crippen molar-refractivity contribution in [1.82, 2.24) is 4.72 Å². The molecule has 0 amide bonds. The molecule has 1 unspecified atom stereocenters. The highest BCUT2D eigenvalue weighted by molar-refractivity contribution is 7.90. The molecule has 1 aliphatic heterocycles. The maximum Gasteiger partial charge on any atom is 0.287 e. The fraction of sp³-hybridized carbons (Fsp3) is 0.435. The molecule has 36 heavy (non-hydrogen) atoms. The van der Waals surface area contributed by atoms with E-state index in [1.807, 2.05) is 0 Å². The topological polar surface area (TPSA) is 165 Å². The largest absolute Gasteiger partial charge is 0.333 e. The van der Waals surface area contributed by atoms with E-state index in [0.717, 1.165) is 11.3 Å². The Balaban J connectivity index is 1.77. The van der Waals surface area contributed by atoms with Crippen molar-refractivity contribution < 1.29 is 26.4 Å². The number of hydrogen-bond acceptors (Lipinski definition) is 8. The van der Waals surface area contributed by atoms with Crippen LogP contribution in [0.4, 0.5) is 5.00 Å². The second kappa shape index (κ2) is 8.84. The van der Waals surface area contributed by atoms with E-state index >= 15 is 0 Å². The van der Waals surface area contributed by atoms with E-state index in [2.05, 4.69) is 35.2 Å². The lowest BCUT2D eigenvalue weighted by Gasteiger charge is -2.39. The third-order valence-electron chi connectivity index (χ3n) is 6.50. The molecular formula is C23H28N4O6S3. The van der Waals surface area contributed by atoms with Gasteiger partial charge in [0.05, 0.1) is 5.41 Å². The van der Waals surface area contributed by atoms with Gasteiger partial charge < -0.3 is 5.32 Å². The van der Waals surface area contributed by atoms with Crippen LogP contribution in [-0.4, -0.2) is 34.2 Å². The molecule has 0 saturated heterocycles. The Morgan fingerprint density at radius 3 is 2.53 bits per heavy atom. The van der Waals surface area contributed by atoms with Crippen molar-refractivity contribution in [3.05, 3.63) is 46.3 Å². The zero-order chi connectivity index (χ0) is 26.7. The number of amidine groups is 1. The molecule has 1 aliphatic carbocycles. The van der Waals surface area contributed by atoms with E-state index in [0.29, 0.717) is 24.0 Å². The number of fused-ring (bicyclic) bond motifs is 2. The Hall–Kier alpha value is -2.45. The number of nitrogens with zero attached hydrogens (tertiary/aromatic N) is 1.